The van der Waals surface area contributed by atoms with Crippen LogP contribution in [0.25, 0.3) is 0 Å². The molecular formula is C16H23N3O3S. The zero-order valence-electron chi connectivity index (χ0n) is 13.4. The maximum absolute atomic E-state index is 12.6. The van der Waals surface area contributed by atoms with Gasteiger partial charge in [0.1, 0.15) is 5.69 Å². The Morgan fingerprint density at radius 2 is 2.04 bits per heavy atom. The Hall–Kier alpha value is -1.63. The van der Waals surface area contributed by atoms with Crippen molar-refractivity contribution in [1.29, 1.82) is 0 Å². The van der Waals surface area contributed by atoms with E-state index < -0.39 is 9.84 Å². The predicted molar refractivity (Wildman–Crippen MR) is 89.5 cm³/mol. The Morgan fingerprint density at radius 1 is 1.30 bits per heavy atom. The van der Waals surface area contributed by atoms with Crippen molar-refractivity contribution >= 4 is 21.4 Å². The lowest BCUT2D eigenvalue weighted by Gasteiger charge is -2.29. The summed E-state index contributed by atoms with van der Waals surface area (Å²) >= 11 is 0. The lowest BCUT2D eigenvalue weighted by atomic mass is 10.1. The fraction of sp³-hybridized carbons (Fsp3) is 0.625. The molecule has 2 aliphatic heterocycles. The van der Waals surface area contributed by atoms with E-state index in [4.69, 9.17) is 0 Å². The third kappa shape index (κ3) is 3.65. The number of carbonyl (C=O) groups is 1. The van der Waals surface area contributed by atoms with Gasteiger partial charge in [0, 0.05) is 38.1 Å². The number of nitrogens with zero attached hydrogens (tertiary/aromatic N) is 3. The number of rotatable bonds is 3. The minimum Gasteiger partial charge on any atom is -0.371 e. The van der Waals surface area contributed by atoms with Crippen molar-refractivity contribution in [2.75, 3.05) is 36.5 Å². The van der Waals surface area contributed by atoms with E-state index in [-0.39, 0.29) is 23.5 Å². The quantitative estimate of drug-likeness (QED) is 0.832. The predicted octanol–water partition coefficient (Wildman–Crippen LogP) is 1.33. The second-order valence-corrected chi connectivity index (χ2v) is 8.65. The zero-order valence-corrected chi connectivity index (χ0v) is 14.3. The smallest absolute Gasteiger partial charge is 0.272 e. The summed E-state index contributed by atoms with van der Waals surface area (Å²) in [6, 6.07) is 3.52. The molecule has 2 saturated heterocycles. The van der Waals surface area contributed by atoms with Crippen LogP contribution >= 0.6 is 0 Å². The largest absolute Gasteiger partial charge is 0.371 e. The van der Waals surface area contributed by atoms with Gasteiger partial charge in [-0.1, -0.05) is 0 Å². The Kier molecular flexibility index (Phi) is 4.57. The number of hydrogen-bond acceptors (Lipinski definition) is 5. The molecule has 126 valence electrons. The Balaban J connectivity index is 1.74. The number of amides is 1. The summed E-state index contributed by atoms with van der Waals surface area (Å²) in [4.78, 5) is 20.6. The summed E-state index contributed by atoms with van der Waals surface area (Å²) in [5.74, 6) is 0.0170. The molecule has 0 saturated carbocycles. The van der Waals surface area contributed by atoms with E-state index in [1.165, 1.54) is 24.2 Å². The lowest BCUT2D eigenvalue weighted by Crippen LogP contribution is -2.38. The van der Waals surface area contributed by atoms with Crippen molar-refractivity contribution < 1.29 is 13.2 Å². The van der Waals surface area contributed by atoms with Crippen LogP contribution in [-0.2, 0) is 9.84 Å². The Bertz CT molecular complexity index is 684. The van der Waals surface area contributed by atoms with Crippen LogP contribution in [0.4, 0.5) is 5.69 Å². The number of hydrogen-bond donors (Lipinski definition) is 0. The van der Waals surface area contributed by atoms with Crippen LogP contribution in [0.15, 0.2) is 18.3 Å². The molecule has 1 atom stereocenters. The standard InChI is InChI=1S/C16H23N3O3S/c1-18(14-6-10-23(21,22)12-14)16(20)15-11-13(5-7-17-15)19-8-3-2-4-9-19/h5,7,11,14H,2-4,6,8-10,12H2,1H3. The van der Waals surface area contributed by atoms with Gasteiger partial charge in [-0.3, -0.25) is 9.78 Å². The van der Waals surface area contributed by atoms with Crippen molar-refractivity contribution in [2.45, 2.75) is 31.7 Å². The molecule has 0 N–H and O–H groups in total. The number of sulfone groups is 1. The monoisotopic (exact) mass is 337 g/mol. The van der Waals surface area contributed by atoms with Gasteiger partial charge in [0.2, 0.25) is 0 Å². The minimum atomic E-state index is -3.00. The van der Waals surface area contributed by atoms with Gasteiger partial charge in [-0.2, -0.15) is 0 Å². The molecule has 0 spiro atoms. The van der Waals surface area contributed by atoms with Gasteiger partial charge >= 0.3 is 0 Å². The first kappa shape index (κ1) is 16.2. The van der Waals surface area contributed by atoms with Crippen molar-refractivity contribution in [3.8, 4) is 0 Å². The summed E-state index contributed by atoms with van der Waals surface area (Å²) in [6.45, 7) is 2.02. The van der Waals surface area contributed by atoms with Crippen LogP contribution in [0.1, 0.15) is 36.2 Å². The van der Waals surface area contributed by atoms with E-state index in [2.05, 4.69) is 9.88 Å². The van der Waals surface area contributed by atoms with E-state index in [9.17, 15) is 13.2 Å². The van der Waals surface area contributed by atoms with E-state index >= 15 is 0 Å². The fourth-order valence-corrected chi connectivity index (χ4v) is 5.09. The van der Waals surface area contributed by atoms with Crippen molar-refractivity contribution in [1.82, 2.24) is 9.88 Å². The van der Waals surface area contributed by atoms with Crippen molar-refractivity contribution in [2.24, 2.45) is 0 Å². The Labute approximate surface area is 137 Å². The van der Waals surface area contributed by atoms with E-state index in [1.807, 2.05) is 12.1 Å². The van der Waals surface area contributed by atoms with Crippen LogP contribution in [0, 0.1) is 0 Å². The molecule has 2 aliphatic rings. The first-order chi connectivity index (χ1) is 11.0. The van der Waals surface area contributed by atoms with Gasteiger partial charge in [-0.25, -0.2) is 8.42 Å². The number of piperidine rings is 1. The molecule has 1 aromatic rings. The van der Waals surface area contributed by atoms with Gasteiger partial charge in [-0.15, -0.1) is 0 Å². The van der Waals surface area contributed by atoms with Crippen LogP contribution < -0.4 is 4.90 Å². The molecule has 7 heteroatoms. The highest BCUT2D eigenvalue weighted by Gasteiger charge is 2.33. The van der Waals surface area contributed by atoms with Crippen LogP contribution in [0.2, 0.25) is 0 Å². The number of aromatic nitrogens is 1. The molecule has 3 heterocycles. The molecule has 2 fully saturated rings. The molecule has 1 aromatic heterocycles. The summed E-state index contributed by atoms with van der Waals surface area (Å²) in [6.07, 6.45) is 5.77. The second kappa shape index (κ2) is 6.47. The topological polar surface area (TPSA) is 70.6 Å². The molecule has 0 aromatic carbocycles. The average molecular weight is 337 g/mol. The number of pyridine rings is 1. The highest BCUT2D eigenvalue weighted by molar-refractivity contribution is 7.91. The normalized spacial score (nSPS) is 23.7. The van der Waals surface area contributed by atoms with Crippen LogP contribution in [0.5, 0.6) is 0 Å². The first-order valence-corrected chi connectivity index (χ1v) is 9.97. The third-order valence-corrected chi connectivity index (χ3v) is 6.51. The second-order valence-electron chi connectivity index (χ2n) is 6.42. The van der Waals surface area contributed by atoms with Crippen LogP contribution in [0.3, 0.4) is 0 Å². The molecular weight excluding hydrogens is 314 g/mol. The number of carbonyl (C=O) groups excluding carboxylic acids is 1. The van der Waals surface area contributed by atoms with E-state index in [0.717, 1.165) is 18.8 Å². The number of anilines is 1. The summed E-state index contributed by atoms with van der Waals surface area (Å²) in [5, 5.41) is 0. The molecule has 0 radical (unpaired) electrons. The molecule has 3 rings (SSSR count). The van der Waals surface area contributed by atoms with Gasteiger partial charge < -0.3 is 9.80 Å². The summed E-state index contributed by atoms with van der Waals surface area (Å²) in [7, 11) is -1.33. The maximum atomic E-state index is 12.6. The SMILES string of the molecule is CN(C(=O)c1cc(N2CCCCC2)ccn1)C1CCS(=O)(=O)C1. The summed E-state index contributed by atoms with van der Waals surface area (Å²) < 4.78 is 23.2. The van der Waals surface area contributed by atoms with Crippen molar-refractivity contribution in [3.63, 3.8) is 0 Å². The molecule has 6 nitrogen and oxygen atoms in total. The third-order valence-electron chi connectivity index (χ3n) is 4.76. The molecule has 0 bridgehead atoms. The lowest BCUT2D eigenvalue weighted by molar-refractivity contribution is 0.0742. The zero-order chi connectivity index (χ0) is 16.4. The average Bonchev–Trinajstić information content (AvgIpc) is 2.94. The minimum absolute atomic E-state index is 0.0566. The van der Waals surface area contributed by atoms with Gasteiger partial charge in [0.15, 0.2) is 9.84 Å². The summed E-state index contributed by atoms with van der Waals surface area (Å²) in [5.41, 5.74) is 1.41. The van der Waals surface area contributed by atoms with E-state index in [1.54, 1.807) is 13.2 Å². The van der Waals surface area contributed by atoms with Gasteiger partial charge in [-0.05, 0) is 37.8 Å². The van der Waals surface area contributed by atoms with Gasteiger partial charge in [0.25, 0.3) is 5.91 Å². The van der Waals surface area contributed by atoms with Crippen LogP contribution in [-0.4, -0.2) is 61.9 Å². The molecule has 1 unspecified atom stereocenters. The molecule has 23 heavy (non-hydrogen) atoms. The maximum Gasteiger partial charge on any atom is 0.272 e. The first-order valence-electron chi connectivity index (χ1n) is 8.15. The van der Waals surface area contributed by atoms with E-state index in [0.29, 0.717) is 12.1 Å². The highest BCUT2D eigenvalue weighted by atomic mass is 32.2. The highest BCUT2D eigenvalue weighted by Crippen LogP contribution is 2.22. The Morgan fingerprint density at radius 3 is 2.70 bits per heavy atom. The molecule has 1 amide bonds. The van der Waals surface area contributed by atoms with Gasteiger partial charge in [0.05, 0.1) is 11.5 Å². The molecule has 0 aliphatic carbocycles. The van der Waals surface area contributed by atoms with Crippen molar-refractivity contribution in [3.05, 3.63) is 24.0 Å². The fourth-order valence-electron chi connectivity index (χ4n) is 3.31.